The summed E-state index contributed by atoms with van der Waals surface area (Å²) < 4.78 is 43.0. The molecular formula is C30H33Cl2F2N3O3. The number of carbonyl (C=O) groups is 1. The van der Waals surface area contributed by atoms with E-state index in [0.717, 1.165) is 6.07 Å². The molecule has 3 heterocycles. The van der Waals surface area contributed by atoms with Crippen molar-refractivity contribution in [1.29, 1.82) is 5.26 Å². The monoisotopic (exact) mass is 591 g/mol. The van der Waals surface area contributed by atoms with Crippen molar-refractivity contribution >= 4 is 29.1 Å². The Bertz CT molecular complexity index is 1360. The average Bonchev–Trinajstić information content (AvgIpc) is 3.47. The van der Waals surface area contributed by atoms with Crippen LogP contribution in [0.25, 0.3) is 0 Å². The zero-order valence-electron chi connectivity index (χ0n) is 22.9. The topological polar surface area (TPSA) is 74.6 Å². The van der Waals surface area contributed by atoms with Gasteiger partial charge in [0.2, 0.25) is 5.91 Å². The summed E-state index contributed by atoms with van der Waals surface area (Å²) in [5, 5.41) is 14.0. The van der Waals surface area contributed by atoms with Crippen molar-refractivity contribution in [3.05, 3.63) is 69.2 Å². The minimum absolute atomic E-state index is 0.0884. The van der Waals surface area contributed by atoms with Crippen molar-refractivity contribution in [2.45, 2.75) is 75.8 Å². The third kappa shape index (κ3) is 5.01. The highest BCUT2D eigenvalue weighted by atomic mass is 35.5. The summed E-state index contributed by atoms with van der Waals surface area (Å²) in [6, 6.07) is 9.59. The van der Waals surface area contributed by atoms with Crippen LogP contribution >= 0.6 is 23.2 Å². The van der Waals surface area contributed by atoms with Crippen molar-refractivity contribution in [3.8, 4) is 6.07 Å². The predicted octanol–water partition coefficient (Wildman–Crippen LogP) is 5.96. The molecule has 40 heavy (non-hydrogen) atoms. The van der Waals surface area contributed by atoms with Gasteiger partial charge in [-0.25, -0.2) is 8.78 Å². The molecule has 3 fully saturated rings. The summed E-state index contributed by atoms with van der Waals surface area (Å²) in [5.41, 5.74) is -1.68. The molecule has 214 valence electrons. The molecule has 10 heteroatoms. The summed E-state index contributed by atoms with van der Waals surface area (Å²) in [7, 11) is 0. The molecule has 2 aromatic carbocycles. The summed E-state index contributed by atoms with van der Waals surface area (Å²) >= 11 is 12.3. The van der Waals surface area contributed by atoms with Crippen molar-refractivity contribution in [2.24, 2.45) is 5.41 Å². The van der Waals surface area contributed by atoms with Gasteiger partial charge in [-0.1, -0.05) is 55.2 Å². The number of fused-ring (bicyclic) bond motifs is 1. The van der Waals surface area contributed by atoms with Crippen molar-refractivity contribution < 1.29 is 23.0 Å². The number of benzene rings is 2. The van der Waals surface area contributed by atoms with Gasteiger partial charge in [0.25, 0.3) is 0 Å². The van der Waals surface area contributed by atoms with E-state index in [1.807, 2.05) is 18.7 Å². The first-order valence-corrected chi connectivity index (χ1v) is 14.2. The van der Waals surface area contributed by atoms with E-state index in [0.29, 0.717) is 32.5 Å². The molecule has 0 spiro atoms. The van der Waals surface area contributed by atoms with Crippen LogP contribution in [0.4, 0.5) is 8.78 Å². The molecule has 0 aromatic heterocycles. The maximum absolute atomic E-state index is 15.8. The van der Waals surface area contributed by atoms with Crippen LogP contribution in [0.2, 0.25) is 10.0 Å². The Kier molecular flexibility index (Phi) is 7.69. The van der Waals surface area contributed by atoms with Gasteiger partial charge in [0.05, 0.1) is 29.8 Å². The maximum atomic E-state index is 15.8. The second kappa shape index (κ2) is 10.5. The first kappa shape index (κ1) is 29.2. The SMILES string of the molecule is CC1(C)C[C@@H]2N(C1)[C@@H](C(=O)NCC[C@H]1COC(C)(C)O1)[C@H](c1cccc(Cl)c1F)[C@@]2(C#N)c1ccc(Cl)cc1F. The van der Waals surface area contributed by atoms with Crippen LogP contribution in [0.5, 0.6) is 0 Å². The molecule has 6 nitrogen and oxygen atoms in total. The fourth-order valence-electron chi connectivity index (χ4n) is 6.89. The number of nitrogens with zero attached hydrogens (tertiary/aromatic N) is 2. The lowest BCUT2D eigenvalue weighted by atomic mass is 9.63. The first-order valence-electron chi connectivity index (χ1n) is 13.5. The third-order valence-corrected chi connectivity index (χ3v) is 8.95. The van der Waals surface area contributed by atoms with E-state index in [2.05, 4.69) is 25.2 Å². The number of nitriles is 1. The fourth-order valence-corrected chi connectivity index (χ4v) is 7.23. The van der Waals surface area contributed by atoms with E-state index < -0.39 is 40.8 Å². The predicted molar refractivity (Wildman–Crippen MR) is 148 cm³/mol. The van der Waals surface area contributed by atoms with E-state index in [1.165, 1.54) is 24.3 Å². The first-order chi connectivity index (χ1) is 18.8. The molecule has 2 aromatic rings. The van der Waals surface area contributed by atoms with Gasteiger partial charge in [0.15, 0.2) is 5.79 Å². The molecule has 0 radical (unpaired) electrons. The fraction of sp³-hybridized carbons (Fsp3) is 0.533. The highest BCUT2D eigenvalue weighted by molar-refractivity contribution is 6.31. The van der Waals surface area contributed by atoms with Crippen LogP contribution in [0.1, 0.15) is 57.6 Å². The van der Waals surface area contributed by atoms with E-state index in [1.54, 1.807) is 6.07 Å². The molecular weight excluding hydrogens is 559 g/mol. The standard InChI is InChI=1S/C30H33Cl2F2N3O3/c1-28(2)13-23-30(15-35,20-9-8-17(31)12-22(20)33)24(19-6-5-7-21(32)25(19)34)26(37(23)16-28)27(38)36-11-10-18-14-39-29(3,4)40-18/h5-9,12,18,23-24,26H,10-11,13-14,16H2,1-4H3,(H,36,38)/t18-,23-,24-,26+,30-/m0/s1. The Morgan fingerprint density at radius 2 is 1.95 bits per heavy atom. The summed E-state index contributed by atoms with van der Waals surface area (Å²) in [6.45, 7) is 8.95. The van der Waals surface area contributed by atoms with Crippen LogP contribution in [0.15, 0.2) is 36.4 Å². The Morgan fingerprint density at radius 3 is 2.60 bits per heavy atom. The molecule has 3 saturated heterocycles. The van der Waals surface area contributed by atoms with Gasteiger partial charge in [0, 0.05) is 35.6 Å². The van der Waals surface area contributed by atoms with Crippen LogP contribution in [-0.4, -0.2) is 54.5 Å². The average molecular weight is 593 g/mol. The Balaban J connectivity index is 1.60. The minimum atomic E-state index is -1.59. The van der Waals surface area contributed by atoms with Crippen molar-refractivity contribution in [2.75, 3.05) is 19.7 Å². The quantitative estimate of drug-likeness (QED) is 0.449. The van der Waals surface area contributed by atoms with Crippen molar-refractivity contribution in [1.82, 2.24) is 10.2 Å². The van der Waals surface area contributed by atoms with Crippen LogP contribution in [0, 0.1) is 28.4 Å². The molecule has 1 amide bonds. The molecule has 3 aliphatic heterocycles. The number of carbonyl (C=O) groups excluding carboxylic acids is 1. The van der Waals surface area contributed by atoms with Crippen LogP contribution < -0.4 is 5.32 Å². The zero-order chi connectivity index (χ0) is 29.0. The molecule has 0 saturated carbocycles. The number of hydrogen-bond acceptors (Lipinski definition) is 5. The molecule has 0 unspecified atom stereocenters. The maximum Gasteiger partial charge on any atom is 0.238 e. The Labute approximate surface area is 243 Å². The highest BCUT2D eigenvalue weighted by Gasteiger charge is 2.67. The molecule has 5 atom stereocenters. The summed E-state index contributed by atoms with van der Waals surface area (Å²) in [5.74, 6) is -3.48. The van der Waals surface area contributed by atoms with Gasteiger partial charge in [-0.2, -0.15) is 5.26 Å². The van der Waals surface area contributed by atoms with Gasteiger partial charge >= 0.3 is 0 Å². The lowest BCUT2D eigenvalue weighted by Gasteiger charge is -2.36. The summed E-state index contributed by atoms with van der Waals surface area (Å²) in [4.78, 5) is 16.0. The normalized spacial score (nSPS) is 30.7. The molecule has 3 aliphatic rings. The van der Waals surface area contributed by atoms with Crippen LogP contribution in [0.3, 0.4) is 0 Å². The number of ether oxygens (including phenoxy) is 2. The Morgan fingerprint density at radius 1 is 1.20 bits per heavy atom. The second-order valence-corrected chi connectivity index (χ2v) is 13.1. The number of amides is 1. The van der Waals surface area contributed by atoms with Gasteiger partial charge in [-0.15, -0.1) is 0 Å². The van der Waals surface area contributed by atoms with Gasteiger partial charge in [-0.3, -0.25) is 9.69 Å². The lowest BCUT2D eigenvalue weighted by Crippen LogP contribution is -2.47. The number of nitrogens with one attached hydrogen (secondary N) is 1. The highest BCUT2D eigenvalue weighted by Crippen LogP contribution is 2.59. The van der Waals surface area contributed by atoms with Gasteiger partial charge in [-0.05, 0) is 55.9 Å². The van der Waals surface area contributed by atoms with E-state index in [9.17, 15) is 10.1 Å². The number of rotatable bonds is 6. The second-order valence-electron chi connectivity index (χ2n) is 12.3. The Hall–Kier alpha value is -2.28. The van der Waals surface area contributed by atoms with Gasteiger partial charge < -0.3 is 14.8 Å². The summed E-state index contributed by atoms with van der Waals surface area (Å²) in [6.07, 6.45) is 0.843. The smallest absolute Gasteiger partial charge is 0.238 e. The van der Waals surface area contributed by atoms with E-state index in [-0.39, 0.29) is 38.6 Å². The minimum Gasteiger partial charge on any atom is -0.355 e. The van der Waals surface area contributed by atoms with E-state index >= 15 is 8.78 Å². The van der Waals surface area contributed by atoms with Crippen molar-refractivity contribution in [3.63, 3.8) is 0 Å². The number of hydrogen-bond donors (Lipinski definition) is 1. The molecule has 5 rings (SSSR count). The molecule has 0 aliphatic carbocycles. The zero-order valence-corrected chi connectivity index (χ0v) is 24.5. The third-order valence-electron chi connectivity index (χ3n) is 8.43. The molecule has 1 N–H and O–H groups in total. The largest absolute Gasteiger partial charge is 0.355 e. The molecule has 0 bridgehead atoms. The lowest BCUT2D eigenvalue weighted by molar-refractivity contribution is -0.139. The van der Waals surface area contributed by atoms with Crippen LogP contribution in [-0.2, 0) is 19.7 Å². The number of halogens is 4. The van der Waals surface area contributed by atoms with E-state index in [4.69, 9.17) is 32.7 Å². The van der Waals surface area contributed by atoms with Gasteiger partial charge in [0.1, 0.15) is 17.0 Å².